The van der Waals surface area contributed by atoms with Crippen LogP contribution in [0, 0.1) is 10.1 Å². The van der Waals surface area contributed by atoms with E-state index in [4.69, 9.17) is 4.74 Å². The van der Waals surface area contributed by atoms with Crippen LogP contribution in [0.3, 0.4) is 0 Å². The van der Waals surface area contributed by atoms with E-state index >= 15 is 0 Å². The lowest BCUT2D eigenvalue weighted by Gasteiger charge is -2.30. The largest absolute Gasteiger partial charge is 0.383 e. The number of methoxy groups -OCH3 is 1. The van der Waals surface area contributed by atoms with Crippen LogP contribution in [-0.2, 0) is 4.74 Å². The normalized spacial score (nSPS) is 10.9. The quantitative estimate of drug-likeness (QED) is 0.506. The lowest BCUT2D eigenvalue weighted by atomic mass is 10.1. The first kappa shape index (κ1) is 19.6. The van der Waals surface area contributed by atoms with Crippen molar-refractivity contribution in [1.29, 1.82) is 0 Å². The summed E-state index contributed by atoms with van der Waals surface area (Å²) in [4.78, 5) is 29.7. The van der Waals surface area contributed by atoms with E-state index in [9.17, 15) is 14.9 Å². The number of hydrogen-bond acceptors (Lipinski definition) is 5. The predicted octanol–water partition coefficient (Wildman–Crippen LogP) is 3.06. The molecule has 26 heavy (non-hydrogen) atoms. The second-order valence-electron chi connectivity index (χ2n) is 5.89. The Morgan fingerprint density at radius 3 is 2.65 bits per heavy atom. The number of carbonyl (C=O) groups is 1. The number of ether oxygens (including phenoxy) is 1. The third-order valence-corrected chi connectivity index (χ3v) is 4.38. The molecule has 0 spiro atoms. The van der Waals surface area contributed by atoms with Gasteiger partial charge in [0.15, 0.2) is 0 Å². The van der Waals surface area contributed by atoms with Crippen LogP contribution in [0.15, 0.2) is 36.9 Å². The molecule has 0 bridgehead atoms. The van der Waals surface area contributed by atoms with Crippen molar-refractivity contribution in [2.75, 3.05) is 20.3 Å². The van der Waals surface area contributed by atoms with Gasteiger partial charge in [0.05, 0.1) is 17.9 Å². The van der Waals surface area contributed by atoms with Gasteiger partial charge < -0.3 is 14.2 Å². The van der Waals surface area contributed by atoms with Gasteiger partial charge in [0.2, 0.25) is 0 Å². The molecular formula is C18H24N4O4. The minimum atomic E-state index is -0.483. The van der Waals surface area contributed by atoms with Crippen LogP contribution in [0.5, 0.6) is 0 Å². The second-order valence-corrected chi connectivity index (χ2v) is 5.89. The molecule has 0 aliphatic carbocycles. The third kappa shape index (κ3) is 4.26. The average molecular weight is 360 g/mol. The number of aromatic nitrogens is 2. The molecule has 0 radical (unpaired) electrons. The monoisotopic (exact) mass is 360 g/mol. The van der Waals surface area contributed by atoms with Gasteiger partial charge in [-0.25, -0.2) is 4.98 Å². The fourth-order valence-electron chi connectivity index (χ4n) is 2.96. The number of nitrogens with zero attached hydrogens (tertiary/aromatic N) is 4. The van der Waals surface area contributed by atoms with E-state index in [2.05, 4.69) is 4.98 Å². The maximum atomic E-state index is 13.0. The number of hydrogen-bond donors (Lipinski definition) is 0. The van der Waals surface area contributed by atoms with E-state index < -0.39 is 4.92 Å². The molecule has 1 aromatic carbocycles. The van der Waals surface area contributed by atoms with Gasteiger partial charge >= 0.3 is 0 Å². The van der Waals surface area contributed by atoms with Crippen molar-refractivity contribution in [1.82, 2.24) is 14.5 Å². The summed E-state index contributed by atoms with van der Waals surface area (Å²) in [6, 6.07) is 4.59. The fraction of sp³-hybridized carbons (Fsp3) is 0.444. The van der Waals surface area contributed by atoms with E-state index in [0.29, 0.717) is 24.4 Å². The number of nitro benzene ring substituents is 1. The first-order valence-electron chi connectivity index (χ1n) is 8.60. The van der Waals surface area contributed by atoms with Crippen molar-refractivity contribution >= 4 is 11.6 Å². The van der Waals surface area contributed by atoms with Crippen LogP contribution < -0.4 is 0 Å². The van der Waals surface area contributed by atoms with Crippen LogP contribution >= 0.6 is 0 Å². The Kier molecular flexibility index (Phi) is 6.85. The van der Waals surface area contributed by atoms with Crippen LogP contribution in [0.25, 0.3) is 5.69 Å². The molecular weight excluding hydrogens is 336 g/mol. The minimum absolute atomic E-state index is 0.0602. The lowest BCUT2D eigenvalue weighted by molar-refractivity contribution is -0.384. The van der Waals surface area contributed by atoms with Crippen LogP contribution in [0.1, 0.15) is 37.0 Å². The molecule has 2 aromatic rings. The van der Waals surface area contributed by atoms with Gasteiger partial charge in [-0.15, -0.1) is 0 Å². The lowest BCUT2D eigenvalue weighted by Crippen LogP contribution is -2.41. The molecule has 140 valence electrons. The highest BCUT2D eigenvalue weighted by Crippen LogP contribution is 2.25. The van der Waals surface area contributed by atoms with Crippen molar-refractivity contribution < 1.29 is 14.5 Å². The Morgan fingerprint density at radius 1 is 1.38 bits per heavy atom. The summed E-state index contributed by atoms with van der Waals surface area (Å²) >= 11 is 0. The number of carbonyl (C=O) groups excluding carboxylic acids is 1. The SMILES string of the molecule is CCC(CC)N(CCOC)C(=O)c1ccc(-n2ccnc2)c([N+](=O)[O-])c1. The Balaban J connectivity index is 2.40. The van der Waals surface area contributed by atoms with Gasteiger partial charge in [-0.1, -0.05) is 13.8 Å². The Labute approximate surface area is 152 Å². The first-order valence-corrected chi connectivity index (χ1v) is 8.60. The summed E-state index contributed by atoms with van der Waals surface area (Å²) in [7, 11) is 1.58. The standard InChI is InChI=1S/C18H24N4O4/c1-4-15(5-2)21(10-11-26-3)18(23)14-6-7-16(17(12-14)22(24)25)20-9-8-19-13-20/h6-9,12-13,15H,4-5,10-11H2,1-3H3. The zero-order chi connectivity index (χ0) is 19.1. The highest BCUT2D eigenvalue weighted by molar-refractivity contribution is 5.95. The van der Waals surface area contributed by atoms with Crippen LogP contribution in [-0.4, -0.2) is 51.6 Å². The molecule has 0 saturated carbocycles. The molecule has 0 saturated heterocycles. The molecule has 0 fully saturated rings. The predicted molar refractivity (Wildman–Crippen MR) is 97.5 cm³/mol. The fourth-order valence-corrected chi connectivity index (χ4v) is 2.96. The van der Waals surface area contributed by atoms with Gasteiger partial charge in [-0.2, -0.15) is 0 Å². The zero-order valence-electron chi connectivity index (χ0n) is 15.3. The number of imidazole rings is 1. The summed E-state index contributed by atoms with van der Waals surface area (Å²) in [5, 5.41) is 11.5. The number of benzene rings is 1. The molecule has 8 nitrogen and oxygen atoms in total. The van der Waals surface area contributed by atoms with Gasteiger partial charge in [0.1, 0.15) is 5.69 Å². The number of amides is 1. The van der Waals surface area contributed by atoms with Gasteiger partial charge in [-0.3, -0.25) is 14.9 Å². The zero-order valence-corrected chi connectivity index (χ0v) is 15.3. The van der Waals surface area contributed by atoms with E-state index in [1.54, 1.807) is 41.1 Å². The maximum Gasteiger partial charge on any atom is 0.294 e. The second kappa shape index (κ2) is 9.10. The molecule has 1 aromatic heterocycles. The summed E-state index contributed by atoms with van der Waals surface area (Å²) in [5.74, 6) is -0.226. The minimum Gasteiger partial charge on any atom is -0.383 e. The van der Waals surface area contributed by atoms with Crippen molar-refractivity contribution in [3.63, 3.8) is 0 Å². The van der Waals surface area contributed by atoms with E-state index in [-0.39, 0.29) is 17.6 Å². The topological polar surface area (TPSA) is 90.5 Å². The van der Waals surface area contributed by atoms with Crippen molar-refractivity contribution in [2.24, 2.45) is 0 Å². The molecule has 1 amide bonds. The van der Waals surface area contributed by atoms with Gasteiger partial charge in [0.25, 0.3) is 11.6 Å². The van der Waals surface area contributed by atoms with E-state index in [0.717, 1.165) is 12.8 Å². The molecule has 1 heterocycles. The smallest absolute Gasteiger partial charge is 0.294 e. The van der Waals surface area contributed by atoms with Crippen molar-refractivity contribution in [3.8, 4) is 5.69 Å². The summed E-state index contributed by atoms with van der Waals surface area (Å²) < 4.78 is 6.67. The van der Waals surface area contributed by atoms with Crippen LogP contribution in [0.2, 0.25) is 0 Å². The third-order valence-electron chi connectivity index (χ3n) is 4.38. The van der Waals surface area contributed by atoms with Crippen molar-refractivity contribution in [3.05, 3.63) is 52.6 Å². The number of nitro groups is 1. The molecule has 2 rings (SSSR count). The Morgan fingerprint density at radius 2 is 2.12 bits per heavy atom. The van der Waals surface area contributed by atoms with Gasteiger partial charge in [-0.05, 0) is 25.0 Å². The Hall–Kier alpha value is -2.74. The molecule has 0 aliphatic rings. The summed E-state index contributed by atoms with van der Waals surface area (Å²) in [6.07, 6.45) is 6.27. The molecule has 0 aliphatic heterocycles. The Bertz CT molecular complexity index is 742. The number of rotatable bonds is 9. The first-order chi connectivity index (χ1) is 12.5. The van der Waals surface area contributed by atoms with Gasteiger partial charge in [0, 0.05) is 43.7 Å². The van der Waals surface area contributed by atoms with Crippen molar-refractivity contribution in [2.45, 2.75) is 32.7 Å². The average Bonchev–Trinajstić information content (AvgIpc) is 3.18. The highest BCUT2D eigenvalue weighted by atomic mass is 16.6. The highest BCUT2D eigenvalue weighted by Gasteiger charge is 2.25. The molecule has 0 N–H and O–H groups in total. The summed E-state index contributed by atoms with van der Waals surface area (Å²) in [6.45, 7) is 4.90. The molecule has 8 heteroatoms. The van der Waals surface area contributed by atoms with E-state index in [1.165, 1.54) is 12.4 Å². The van der Waals surface area contributed by atoms with E-state index in [1.807, 2.05) is 13.8 Å². The van der Waals surface area contributed by atoms with Crippen LogP contribution in [0.4, 0.5) is 5.69 Å². The molecule has 0 atom stereocenters. The summed E-state index contributed by atoms with van der Waals surface area (Å²) in [5.41, 5.74) is 0.531. The maximum absolute atomic E-state index is 13.0. The molecule has 0 unspecified atom stereocenters.